The van der Waals surface area contributed by atoms with Gasteiger partial charge in [-0.15, -0.1) is 25.2 Å². The van der Waals surface area contributed by atoms with E-state index in [9.17, 15) is 4.79 Å². The van der Waals surface area contributed by atoms with Gasteiger partial charge in [0, 0.05) is 11.9 Å². The van der Waals surface area contributed by atoms with Crippen LogP contribution in [0.5, 0.6) is 0 Å². The zero-order valence-corrected chi connectivity index (χ0v) is 12.2. The van der Waals surface area contributed by atoms with Crippen molar-refractivity contribution < 1.29 is 9.21 Å². The van der Waals surface area contributed by atoms with Gasteiger partial charge in [0.1, 0.15) is 0 Å². The first-order valence-corrected chi connectivity index (χ1v) is 6.63. The monoisotopic (exact) mass is 319 g/mol. The van der Waals surface area contributed by atoms with E-state index in [2.05, 4.69) is 30.9 Å². The summed E-state index contributed by atoms with van der Waals surface area (Å²) in [6.45, 7) is 1.76. The number of halogens is 1. The molecule has 22 heavy (non-hydrogen) atoms. The Morgan fingerprint density at radius 1 is 1.27 bits per heavy atom. The van der Waals surface area contributed by atoms with Crippen molar-refractivity contribution in [2.45, 2.75) is 13.5 Å². The fourth-order valence-electron chi connectivity index (χ4n) is 1.63. The maximum absolute atomic E-state index is 11.9. The Bertz CT molecular complexity index is 796. The lowest BCUT2D eigenvalue weighted by Gasteiger charge is -1.98. The number of tetrazole rings is 1. The van der Waals surface area contributed by atoms with E-state index in [0.29, 0.717) is 22.5 Å². The van der Waals surface area contributed by atoms with Crippen molar-refractivity contribution in [2.75, 3.05) is 0 Å². The number of hydrogen-bond donors (Lipinski definition) is 1. The van der Waals surface area contributed by atoms with E-state index in [-0.39, 0.29) is 12.4 Å². The molecule has 0 radical (unpaired) electrons. The number of carbonyl (C=O) groups excluding carboxylic acids is 1. The van der Waals surface area contributed by atoms with Crippen LogP contribution in [0.4, 0.5) is 0 Å². The number of benzene rings is 1. The summed E-state index contributed by atoms with van der Waals surface area (Å²) in [5.41, 5.74) is 0.642. The Balaban J connectivity index is 1.67. The lowest BCUT2D eigenvalue weighted by molar-refractivity contribution is 0.0936. The quantitative estimate of drug-likeness (QED) is 0.761. The fourth-order valence-corrected chi connectivity index (χ4v) is 1.76. The first kappa shape index (κ1) is 14.1. The molecule has 3 aromatic rings. The van der Waals surface area contributed by atoms with Gasteiger partial charge in [-0.2, -0.15) is 0 Å². The molecule has 0 aliphatic rings. The largest absolute Gasteiger partial charge is 0.424 e. The molecule has 0 fully saturated rings. The molecule has 0 bridgehead atoms. The van der Waals surface area contributed by atoms with E-state index in [1.54, 1.807) is 31.2 Å². The van der Waals surface area contributed by atoms with E-state index in [1.165, 1.54) is 4.80 Å². The molecule has 9 nitrogen and oxygen atoms in total. The SMILES string of the molecule is Cc1nnc(CNC(=O)c2nnn(-c3ccc(Cl)cc3)n2)o1. The van der Waals surface area contributed by atoms with Crippen molar-refractivity contribution in [1.29, 1.82) is 0 Å². The number of rotatable bonds is 4. The molecule has 3 rings (SSSR count). The topological polar surface area (TPSA) is 112 Å². The number of nitrogens with one attached hydrogen (secondary N) is 1. The number of amides is 1. The predicted octanol–water partition coefficient (Wildman–Crippen LogP) is 0.937. The second kappa shape index (κ2) is 5.90. The van der Waals surface area contributed by atoms with Crippen LogP contribution in [0.25, 0.3) is 5.69 Å². The summed E-state index contributed by atoms with van der Waals surface area (Å²) in [5.74, 6) is 0.175. The highest BCUT2D eigenvalue weighted by molar-refractivity contribution is 6.30. The summed E-state index contributed by atoms with van der Waals surface area (Å²) in [4.78, 5) is 13.2. The van der Waals surface area contributed by atoms with Crippen molar-refractivity contribution in [3.63, 3.8) is 0 Å². The minimum Gasteiger partial charge on any atom is -0.424 e. The van der Waals surface area contributed by atoms with E-state index >= 15 is 0 Å². The van der Waals surface area contributed by atoms with Crippen LogP contribution in [0.15, 0.2) is 28.7 Å². The Kier molecular flexibility index (Phi) is 3.79. The van der Waals surface area contributed by atoms with Crippen molar-refractivity contribution in [3.8, 4) is 5.69 Å². The summed E-state index contributed by atoms with van der Waals surface area (Å²) < 4.78 is 5.14. The molecule has 1 aromatic carbocycles. The Labute approximate surface area is 129 Å². The highest BCUT2D eigenvalue weighted by Crippen LogP contribution is 2.11. The maximum Gasteiger partial charge on any atom is 0.293 e. The van der Waals surface area contributed by atoms with Gasteiger partial charge in [-0.05, 0) is 29.5 Å². The van der Waals surface area contributed by atoms with Gasteiger partial charge in [-0.3, -0.25) is 4.79 Å². The number of aromatic nitrogens is 6. The molecule has 112 valence electrons. The molecule has 1 amide bonds. The van der Waals surface area contributed by atoms with Crippen LogP contribution in [0.3, 0.4) is 0 Å². The minimum absolute atomic E-state index is 0.0637. The summed E-state index contributed by atoms with van der Waals surface area (Å²) in [5, 5.41) is 22.1. The highest BCUT2D eigenvalue weighted by atomic mass is 35.5. The minimum atomic E-state index is -0.490. The van der Waals surface area contributed by atoms with Crippen LogP contribution in [0.1, 0.15) is 22.4 Å². The summed E-state index contributed by atoms with van der Waals surface area (Å²) in [6, 6.07) is 6.82. The van der Waals surface area contributed by atoms with Crippen LogP contribution in [-0.4, -0.2) is 36.3 Å². The van der Waals surface area contributed by atoms with Gasteiger partial charge in [0.2, 0.25) is 11.8 Å². The van der Waals surface area contributed by atoms with Gasteiger partial charge in [-0.25, -0.2) is 0 Å². The van der Waals surface area contributed by atoms with Crippen LogP contribution in [0, 0.1) is 6.92 Å². The second-order valence-electron chi connectivity index (χ2n) is 4.28. The van der Waals surface area contributed by atoms with Gasteiger partial charge >= 0.3 is 0 Å². The van der Waals surface area contributed by atoms with Gasteiger partial charge < -0.3 is 9.73 Å². The molecule has 0 atom stereocenters. The van der Waals surface area contributed by atoms with Crippen molar-refractivity contribution in [3.05, 3.63) is 46.9 Å². The van der Waals surface area contributed by atoms with Gasteiger partial charge in [-0.1, -0.05) is 11.6 Å². The van der Waals surface area contributed by atoms with Crippen LogP contribution in [-0.2, 0) is 6.54 Å². The fraction of sp³-hybridized carbons (Fsp3) is 0.167. The molecule has 2 aromatic heterocycles. The third-order valence-corrected chi connectivity index (χ3v) is 2.89. The average molecular weight is 320 g/mol. The smallest absolute Gasteiger partial charge is 0.293 e. The van der Waals surface area contributed by atoms with Crippen LogP contribution < -0.4 is 5.32 Å². The van der Waals surface area contributed by atoms with E-state index < -0.39 is 5.91 Å². The molecule has 1 N–H and O–H groups in total. The van der Waals surface area contributed by atoms with Crippen LogP contribution >= 0.6 is 11.6 Å². The molecule has 10 heteroatoms. The normalized spacial score (nSPS) is 10.6. The lowest BCUT2D eigenvalue weighted by atomic mass is 10.3. The predicted molar refractivity (Wildman–Crippen MR) is 74.4 cm³/mol. The molecule has 0 aliphatic heterocycles. The Morgan fingerprint density at radius 3 is 2.73 bits per heavy atom. The molecular weight excluding hydrogens is 310 g/mol. The third-order valence-electron chi connectivity index (χ3n) is 2.64. The molecule has 0 saturated carbocycles. The molecule has 0 saturated heterocycles. The summed E-state index contributed by atoms with van der Waals surface area (Å²) in [7, 11) is 0. The second-order valence-corrected chi connectivity index (χ2v) is 4.71. The van der Waals surface area contributed by atoms with E-state index in [4.69, 9.17) is 16.0 Å². The third kappa shape index (κ3) is 3.09. The number of carbonyl (C=O) groups is 1. The van der Waals surface area contributed by atoms with Crippen LogP contribution in [0.2, 0.25) is 5.02 Å². The zero-order valence-electron chi connectivity index (χ0n) is 11.4. The summed E-state index contributed by atoms with van der Waals surface area (Å²) >= 11 is 5.81. The van der Waals surface area contributed by atoms with Gasteiger partial charge in [0.15, 0.2) is 0 Å². The van der Waals surface area contributed by atoms with Gasteiger partial charge in [0.05, 0.1) is 12.2 Å². The highest BCUT2D eigenvalue weighted by Gasteiger charge is 2.14. The molecule has 0 aliphatic carbocycles. The van der Waals surface area contributed by atoms with Gasteiger partial charge in [0.25, 0.3) is 11.7 Å². The summed E-state index contributed by atoms with van der Waals surface area (Å²) in [6.07, 6.45) is 0. The zero-order chi connectivity index (χ0) is 15.5. The molecule has 0 unspecified atom stereocenters. The van der Waals surface area contributed by atoms with Crippen molar-refractivity contribution in [1.82, 2.24) is 35.7 Å². The first-order chi connectivity index (χ1) is 10.6. The Morgan fingerprint density at radius 2 is 2.05 bits per heavy atom. The molecule has 2 heterocycles. The van der Waals surface area contributed by atoms with Crippen molar-refractivity contribution >= 4 is 17.5 Å². The lowest BCUT2D eigenvalue weighted by Crippen LogP contribution is -2.24. The first-order valence-electron chi connectivity index (χ1n) is 6.25. The average Bonchev–Trinajstić information content (AvgIpc) is 3.15. The number of nitrogens with zero attached hydrogens (tertiary/aromatic N) is 6. The Hall–Kier alpha value is -2.81. The van der Waals surface area contributed by atoms with Crippen molar-refractivity contribution in [2.24, 2.45) is 0 Å². The van der Waals surface area contributed by atoms with E-state index in [0.717, 1.165) is 0 Å². The van der Waals surface area contributed by atoms with E-state index in [1.807, 2.05) is 0 Å². The standard InChI is InChI=1S/C12H10ClN7O2/c1-7-15-16-10(22-7)6-14-12(21)11-17-19-20(18-11)9-4-2-8(13)3-5-9/h2-5H,6H2,1H3,(H,14,21). The maximum atomic E-state index is 11.9. The number of aryl methyl sites for hydroxylation is 1. The number of hydrogen-bond acceptors (Lipinski definition) is 7. The molecule has 0 spiro atoms. The molecular formula is C12H10ClN7O2.